The Morgan fingerprint density at radius 1 is 1.08 bits per heavy atom. The molecular weight excluding hydrogens is 480 g/mol. The lowest BCUT2D eigenvalue weighted by molar-refractivity contribution is 0.166. The number of aliphatic hydroxyl groups is 1. The number of ether oxygens (including phenoxy) is 1. The fourth-order valence-electron chi connectivity index (χ4n) is 3.28. The van der Waals surface area contributed by atoms with E-state index in [1.165, 1.54) is 12.2 Å². The Hall–Kier alpha value is -3.38. The Morgan fingerprint density at radius 3 is 2.27 bits per heavy atom. The number of aliphatic hydroxyl groups excluding tert-OH is 1. The number of aryl methyl sites for hydroxylation is 1. The molecule has 1 aromatic rings. The summed E-state index contributed by atoms with van der Waals surface area (Å²) in [6.45, 7) is 19.8. The molecule has 1 N–H and O–H groups in total. The molecule has 0 fully saturated rings. The van der Waals surface area contributed by atoms with Crippen molar-refractivity contribution >= 4 is 5.57 Å². The van der Waals surface area contributed by atoms with Gasteiger partial charge in [-0.05, 0) is 55.2 Å². The Kier molecular flexibility index (Phi) is 13.4. The van der Waals surface area contributed by atoms with Gasteiger partial charge in [-0.25, -0.2) is 13.2 Å². The predicted octanol–water partition coefficient (Wildman–Crippen LogP) is 8.94. The molecule has 1 atom stereocenters. The van der Waals surface area contributed by atoms with Crippen LogP contribution >= 0.6 is 0 Å². The van der Waals surface area contributed by atoms with E-state index < -0.39 is 35.2 Å². The lowest BCUT2D eigenvalue weighted by Gasteiger charge is -2.18. The zero-order valence-corrected chi connectivity index (χ0v) is 21.7. The molecule has 0 spiro atoms. The van der Waals surface area contributed by atoms with Crippen molar-refractivity contribution in [3.8, 4) is 0 Å². The van der Waals surface area contributed by atoms with Crippen molar-refractivity contribution in [1.29, 1.82) is 0 Å². The van der Waals surface area contributed by atoms with E-state index in [0.717, 1.165) is 13.5 Å². The van der Waals surface area contributed by atoms with Crippen LogP contribution in [0.5, 0.6) is 0 Å². The molecule has 0 bridgehead atoms. The summed E-state index contributed by atoms with van der Waals surface area (Å²) in [7, 11) is 1.16. The van der Waals surface area contributed by atoms with E-state index in [9.17, 15) is 22.7 Å². The molecule has 0 aromatic heterocycles. The third-order valence-electron chi connectivity index (χ3n) is 5.75. The molecule has 6 heteroatoms. The van der Waals surface area contributed by atoms with Gasteiger partial charge in [-0.1, -0.05) is 75.2 Å². The van der Waals surface area contributed by atoms with Crippen molar-refractivity contribution in [2.24, 2.45) is 0 Å². The molecule has 0 saturated heterocycles. The Morgan fingerprint density at radius 2 is 1.73 bits per heavy atom. The first-order valence-corrected chi connectivity index (χ1v) is 12.0. The molecule has 2 rings (SSSR count). The monoisotopic (exact) mass is 516 g/mol. The van der Waals surface area contributed by atoms with Crippen LogP contribution in [0.4, 0.5) is 17.6 Å². The van der Waals surface area contributed by atoms with Crippen LogP contribution < -0.4 is 0 Å². The average Bonchev–Trinajstić information content (AvgIpc) is 2.91. The van der Waals surface area contributed by atoms with Gasteiger partial charge in [-0.2, -0.15) is 4.39 Å². The van der Waals surface area contributed by atoms with Crippen LogP contribution in [0.25, 0.3) is 5.57 Å². The molecule has 0 aliphatic heterocycles. The molecule has 37 heavy (non-hydrogen) atoms. The van der Waals surface area contributed by atoms with Gasteiger partial charge in [-0.3, -0.25) is 0 Å². The summed E-state index contributed by atoms with van der Waals surface area (Å²) in [5.41, 5.74) is 1.52. The molecule has 0 radical (unpaired) electrons. The number of halogens is 4. The summed E-state index contributed by atoms with van der Waals surface area (Å²) in [6.07, 6.45) is 9.16. The first kappa shape index (κ1) is 31.6. The Bertz CT molecular complexity index is 1120. The van der Waals surface area contributed by atoms with Gasteiger partial charge < -0.3 is 9.84 Å². The third-order valence-corrected chi connectivity index (χ3v) is 5.75. The van der Waals surface area contributed by atoms with Gasteiger partial charge in [0.2, 0.25) is 5.83 Å². The fourth-order valence-corrected chi connectivity index (χ4v) is 3.28. The highest BCUT2D eigenvalue weighted by Gasteiger charge is 2.19. The van der Waals surface area contributed by atoms with Gasteiger partial charge in [0.15, 0.2) is 17.5 Å². The Labute approximate surface area is 218 Å². The summed E-state index contributed by atoms with van der Waals surface area (Å²) >= 11 is 0. The second-order valence-corrected chi connectivity index (χ2v) is 8.51. The van der Waals surface area contributed by atoms with Crippen molar-refractivity contribution in [2.45, 2.75) is 51.6 Å². The van der Waals surface area contributed by atoms with Crippen LogP contribution in [0.2, 0.25) is 0 Å². The minimum atomic E-state index is -1.27. The van der Waals surface area contributed by atoms with Crippen LogP contribution in [-0.2, 0) is 11.2 Å². The maximum atomic E-state index is 14.6. The van der Waals surface area contributed by atoms with Crippen LogP contribution in [-0.4, -0.2) is 18.3 Å². The zero-order chi connectivity index (χ0) is 28.1. The number of benzene rings is 1. The van der Waals surface area contributed by atoms with Gasteiger partial charge in [-0.15, -0.1) is 6.58 Å². The zero-order valence-electron chi connectivity index (χ0n) is 21.7. The lowest BCUT2D eigenvalue weighted by atomic mass is 9.90. The topological polar surface area (TPSA) is 29.5 Å². The molecule has 1 aliphatic rings. The third kappa shape index (κ3) is 9.54. The number of methoxy groups -OCH3 is 1. The minimum absolute atomic E-state index is 0.111. The van der Waals surface area contributed by atoms with E-state index >= 15 is 0 Å². The highest BCUT2D eigenvalue weighted by molar-refractivity contribution is 5.67. The number of allylic oxidation sites excluding steroid dienone is 9. The van der Waals surface area contributed by atoms with Gasteiger partial charge in [0.05, 0.1) is 13.2 Å². The van der Waals surface area contributed by atoms with Crippen molar-refractivity contribution in [3.05, 3.63) is 126 Å². The molecule has 200 valence electrons. The van der Waals surface area contributed by atoms with Gasteiger partial charge in [0.25, 0.3) is 0 Å². The number of hydrogen-bond donors (Lipinski definition) is 1. The largest absolute Gasteiger partial charge is 0.494 e. The first-order chi connectivity index (χ1) is 17.5. The van der Waals surface area contributed by atoms with E-state index in [1.807, 2.05) is 6.08 Å². The molecule has 2 nitrogen and oxygen atoms in total. The standard InChI is InChI=1S/C27H28F4O2.C4H8/c1-16(6-8-17(2)18(3)24(28)25(29)19(4)33-5)7-9-21-12-15-23(27(31)26(21)30)20-10-13-22(32)14-11-20;1-3-4-2/h6,8,10,12,15,22,32H,1-4,7,9,11,13-14H2,5H3;3H,1,4H2,2H3/b8-6-,25-24-;. The molecule has 0 amide bonds. The molecular formula is C31H36F4O2. The van der Waals surface area contributed by atoms with E-state index in [4.69, 9.17) is 0 Å². The molecule has 1 aliphatic carbocycles. The van der Waals surface area contributed by atoms with Crippen molar-refractivity contribution in [3.63, 3.8) is 0 Å². The summed E-state index contributed by atoms with van der Waals surface area (Å²) in [5.74, 6) is -4.77. The van der Waals surface area contributed by atoms with Crippen molar-refractivity contribution in [1.82, 2.24) is 0 Å². The fraction of sp³-hybridized carbons (Fsp3) is 0.290. The summed E-state index contributed by atoms with van der Waals surface area (Å²) in [5, 5.41) is 9.57. The highest BCUT2D eigenvalue weighted by atomic mass is 19.2. The van der Waals surface area contributed by atoms with Crippen LogP contribution in [0.3, 0.4) is 0 Å². The maximum Gasteiger partial charge on any atom is 0.200 e. The van der Waals surface area contributed by atoms with Crippen molar-refractivity contribution < 1.29 is 27.4 Å². The van der Waals surface area contributed by atoms with E-state index in [-0.39, 0.29) is 28.7 Å². The predicted molar refractivity (Wildman–Crippen MR) is 145 cm³/mol. The maximum absolute atomic E-state index is 14.6. The van der Waals surface area contributed by atoms with E-state index in [1.54, 1.807) is 18.2 Å². The van der Waals surface area contributed by atoms with Crippen LogP contribution in [0.15, 0.2) is 103 Å². The van der Waals surface area contributed by atoms with Crippen LogP contribution in [0.1, 0.15) is 50.2 Å². The molecule has 0 saturated carbocycles. The second-order valence-electron chi connectivity index (χ2n) is 8.51. The summed E-state index contributed by atoms with van der Waals surface area (Å²) in [4.78, 5) is 0. The average molecular weight is 517 g/mol. The first-order valence-electron chi connectivity index (χ1n) is 12.0. The molecule has 1 unspecified atom stereocenters. The van der Waals surface area contributed by atoms with E-state index in [2.05, 4.69) is 44.6 Å². The summed E-state index contributed by atoms with van der Waals surface area (Å²) < 4.78 is 61.7. The Balaban J connectivity index is 0.00000159. The minimum Gasteiger partial charge on any atom is -0.494 e. The number of hydrogen-bond acceptors (Lipinski definition) is 2. The number of rotatable bonds is 11. The van der Waals surface area contributed by atoms with Gasteiger partial charge in [0, 0.05) is 11.1 Å². The second kappa shape index (κ2) is 15.7. The summed E-state index contributed by atoms with van der Waals surface area (Å²) in [6, 6.07) is 3.10. The van der Waals surface area contributed by atoms with Crippen LogP contribution in [0, 0.1) is 11.6 Å². The molecule has 1 aromatic carbocycles. The normalized spacial score (nSPS) is 15.6. The smallest absolute Gasteiger partial charge is 0.200 e. The molecule has 0 heterocycles. The van der Waals surface area contributed by atoms with Crippen molar-refractivity contribution in [2.75, 3.05) is 7.11 Å². The van der Waals surface area contributed by atoms with Gasteiger partial charge in [0.1, 0.15) is 5.76 Å². The SMILES string of the molecule is C=C(/C=C\C(=C)C(=C)/C(F)=C(/F)C(=C)OC)CCc1ccc(C2=CCC(O)CC2)c(F)c1F.C=CCC. The highest BCUT2D eigenvalue weighted by Crippen LogP contribution is 2.31. The van der Waals surface area contributed by atoms with E-state index in [0.29, 0.717) is 36.8 Å². The lowest BCUT2D eigenvalue weighted by Crippen LogP contribution is -2.11. The van der Waals surface area contributed by atoms with Gasteiger partial charge >= 0.3 is 0 Å². The quantitative estimate of drug-likeness (QED) is 0.138.